The first-order valence-electron chi connectivity index (χ1n) is 6.41. The van der Waals surface area contributed by atoms with Crippen LogP contribution in [-0.2, 0) is 6.54 Å². The van der Waals surface area contributed by atoms with Gasteiger partial charge in [0.1, 0.15) is 0 Å². The summed E-state index contributed by atoms with van der Waals surface area (Å²) in [5.74, 6) is 0. The van der Waals surface area contributed by atoms with Crippen molar-refractivity contribution in [3.05, 3.63) is 51.4 Å². The van der Waals surface area contributed by atoms with E-state index in [2.05, 4.69) is 32.7 Å². The van der Waals surface area contributed by atoms with Crippen LogP contribution in [0.2, 0.25) is 5.02 Å². The molecule has 1 N–H and O–H groups in total. The van der Waals surface area contributed by atoms with E-state index >= 15 is 0 Å². The fraction of sp³-hybridized carbons (Fsp3) is 0.357. The Morgan fingerprint density at radius 2 is 2.15 bits per heavy atom. The molecule has 0 aromatic carbocycles. The van der Waals surface area contributed by atoms with Gasteiger partial charge in [0, 0.05) is 49.5 Å². The number of nitrogens with one attached hydrogen (secondary N) is 1. The summed E-state index contributed by atoms with van der Waals surface area (Å²) in [6.45, 7) is 3.98. The number of rotatable bonds is 3. The number of piperazine rings is 1. The fourth-order valence-electron chi connectivity index (χ4n) is 2.47. The highest BCUT2D eigenvalue weighted by molar-refractivity contribution is 7.10. The van der Waals surface area contributed by atoms with E-state index in [1.54, 1.807) is 11.3 Å². The molecule has 3 nitrogen and oxygen atoms in total. The monoisotopic (exact) mass is 329 g/mol. The van der Waals surface area contributed by atoms with E-state index < -0.39 is 0 Å². The van der Waals surface area contributed by atoms with E-state index in [1.807, 2.05) is 18.5 Å². The van der Waals surface area contributed by atoms with Gasteiger partial charge in [0.15, 0.2) is 0 Å². The zero-order chi connectivity index (χ0) is 13.1. The van der Waals surface area contributed by atoms with E-state index in [1.165, 1.54) is 10.4 Å². The molecular weight excluding hydrogens is 313 g/mol. The van der Waals surface area contributed by atoms with Crippen molar-refractivity contribution >= 4 is 35.3 Å². The van der Waals surface area contributed by atoms with Gasteiger partial charge in [0.2, 0.25) is 0 Å². The van der Waals surface area contributed by atoms with Crippen LogP contribution in [0.4, 0.5) is 0 Å². The molecule has 1 atom stereocenters. The second-order valence-corrected chi connectivity index (χ2v) is 6.07. The summed E-state index contributed by atoms with van der Waals surface area (Å²) in [4.78, 5) is 7.84. The molecule has 20 heavy (non-hydrogen) atoms. The van der Waals surface area contributed by atoms with Crippen molar-refractivity contribution in [2.24, 2.45) is 0 Å². The van der Waals surface area contributed by atoms with E-state index in [-0.39, 0.29) is 12.4 Å². The third-order valence-electron chi connectivity index (χ3n) is 3.48. The van der Waals surface area contributed by atoms with Crippen molar-refractivity contribution in [3.63, 3.8) is 0 Å². The molecule has 2 aromatic rings. The van der Waals surface area contributed by atoms with Gasteiger partial charge in [-0.05, 0) is 29.1 Å². The minimum atomic E-state index is 0. The lowest BCUT2D eigenvalue weighted by Crippen LogP contribution is -2.45. The highest BCUT2D eigenvalue weighted by Crippen LogP contribution is 2.28. The minimum absolute atomic E-state index is 0. The molecule has 1 unspecified atom stereocenters. The Hall–Kier alpha value is -0.650. The van der Waals surface area contributed by atoms with E-state index in [9.17, 15) is 0 Å². The van der Waals surface area contributed by atoms with Crippen LogP contribution >= 0.6 is 35.3 Å². The Bertz CT molecular complexity index is 532. The van der Waals surface area contributed by atoms with Gasteiger partial charge in [0.25, 0.3) is 0 Å². The fourth-order valence-corrected chi connectivity index (χ4v) is 3.59. The maximum Gasteiger partial charge on any atom is 0.0558 e. The van der Waals surface area contributed by atoms with Crippen LogP contribution in [-0.4, -0.2) is 29.5 Å². The smallest absolute Gasteiger partial charge is 0.0558 e. The lowest BCUT2D eigenvalue weighted by atomic mass is 10.0. The molecule has 0 radical (unpaired) electrons. The summed E-state index contributed by atoms with van der Waals surface area (Å²) in [6, 6.07) is 6.57. The molecule has 2 aromatic heterocycles. The molecule has 108 valence electrons. The van der Waals surface area contributed by atoms with Gasteiger partial charge in [-0.25, -0.2) is 0 Å². The number of nitrogens with zero attached hydrogens (tertiary/aromatic N) is 2. The average molecular weight is 330 g/mol. The molecule has 3 rings (SSSR count). The summed E-state index contributed by atoms with van der Waals surface area (Å²) in [5, 5.41) is 6.41. The van der Waals surface area contributed by atoms with Gasteiger partial charge in [0.05, 0.1) is 5.02 Å². The first-order valence-corrected chi connectivity index (χ1v) is 7.67. The summed E-state index contributed by atoms with van der Waals surface area (Å²) >= 11 is 7.94. The van der Waals surface area contributed by atoms with Crippen molar-refractivity contribution < 1.29 is 0 Å². The molecule has 0 spiro atoms. The minimum Gasteiger partial charge on any atom is -0.314 e. The molecule has 6 heteroatoms. The van der Waals surface area contributed by atoms with E-state index in [0.29, 0.717) is 6.04 Å². The van der Waals surface area contributed by atoms with Crippen molar-refractivity contribution in [1.82, 2.24) is 15.2 Å². The standard InChI is InChI=1S/C14H16ClN3S.ClH/c15-12-3-8-19-14(12)10-18-7-6-17-9-13(18)11-1-4-16-5-2-11;/h1-5,8,13,17H,6-7,9-10H2;1H. The second-order valence-electron chi connectivity index (χ2n) is 4.66. The summed E-state index contributed by atoms with van der Waals surface area (Å²) in [6.07, 6.45) is 3.72. The van der Waals surface area contributed by atoms with Crippen LogP contribution < -0.4 is 5.32 Å². The molecule has 1 aliphatic heterocycles. The number of pyridine rings is 1. The van der Waals surface area contributed by atoms with E-state index in [4.69, 9.17) is 11.6 Å². The van der Waals surface area contributed by atoms with Crippen LogP contribution in [0.1, 0.15) is 16.5 Å². The van der Waals surface area contributed by atoms with Crippen LogP contribution in [0, 0.1) is 0 Å². The Morgan fingerprint density at radius 3 is 2.85 bits per heavy atom. The number of thiophene rings is 1. The molecule has 0 saturated carbocycles. The Kier molecular flexibility index (Phi) is 5.81. The molecule has 1 saturated heterocycles. The summed E-state index contributed by atoms with van der Waals surface area (Å²) in [5.41, 5.74) is 1.31. The third-order valence-corrected chi connectivity index (χ3v) is 4.85. The summed E-state index contributed by atoms with van der Waals surface area (Å²) < 4.78 is 0. The van der Waals surface area contributed by atoms with E-state index in [0.717, 1.165) is 31.2 Å². The predicted octanol–water partition coefficient (Wildman–Crippen LogP) is 3.36. The maximum atomic E-state index is 6.21. The molecule has 3 heterocycles. The van der Waals surface area contributed by atoms with Crippen molar-refractivity contribution in [2.45, 2.75) is 12.6 Å². The first-order chi connectivity index (χ1) is 9.34. The lowest BCUT2D eigenvalue weighted by molar-refractivity contribution is 0.155. The molecule has 1 aliphatic rings. The topological polar surface area (TPSA) is 28.2 Å². The van der Waals surface area contributed by atoms with Gasteiger partial charge in [-0.3, -0.25) is 9.88 Å². The third kappa shape index (κ3) is 3.51. The highest BCUT2D eigenvalue weighted by atomic mass is 35.5. The molecule has 0 bridgehead atoms. The SMILES string of the molecule is Cl.Clc1ccsc1CN1CCNCC1c1ccncc1. The van der Waals surface area contributed by atoms with Gasteiger partial charge in [-0.1, -0.05) is 11.6 Å². The zero-order valence-electron chi connectivity index (χ0n) is 11.0. The van der Waals surface area contributed by atoms with Gasteiger partial charge in [-0.2, -0.15) is 0 Å². The van der Waals surface area contributed by atoms with Crippen LogP contribution in [0.15, 0.2) is 36.0 Å². The van der Waals surface area contributed by atoms with Crippen molar-refractivity contribution in [1.29, 1.82) is 0 Å². The Morgan fingerprint density at radius 1 is 1.35 bits per heavy atom. The molecule has 0 aliphatic carbocycles. The number of hydrogen-bond acceptors (Lipinski definition) is 4. The summed E-state index contributed by atoms with van der Waals surface area (Å²) in [7, 11) is 0. The Labute approximate surface area is 134 Å². The molecule has 1 fully saturated rings. The van der Waals surface area contributed by atoms with Gasteiger partial charge in [-0.15, -0.1) is 23.7 Å². The van der Waals surface area contributed by atoms with Crippen LogP contribution in [0.5, 0.6) is 0 Å². The second kappa shape index (κ2) is 7.38. The zero-order valence-corrected chi connectivity index (χ0v) is 13.3. The van der Waals surface area contributed by atoms with Crippen LogP contribution in [0.25, 0.3) is 0 Å². The lowest BCUT2D eigenvalue weighted by Gasteiger charge is -2.36. The maximum absolute atomic E-state index is 6.21. The normalized spacial score (nSPS) is 19.6. The molecule has 0 amide bonds. The average Bonchev–Trinajstić information content (AvgIpc) is 2.86. The largest absolute Gasteiger partial charge is 0.314 e. The molecular formula is C14H17Cl2N3S. The van der Waals surface area contributed by atoms with Gasteiger partial charge >= 0.3 is 0 Å². The number of hydrogen-bond donors (Lipinski definition) is 1. The predicted molar refractivity (Wildman–Crippen MR) is 86.8 cm³/mol. The number of halogens is 2. The Balaban J connectivity index is 0.00000147. The number of aromatic nitrogens is 1. The van der Waals surface area contributed by atoms with Crippen LogP contribution in [0.3, 0.4) is 0 Å². The van der Waals surface area contributed by atoms with Gasteiger partial charge < -0.3 is 5.32 Å². The van der Waals surface area contributed by atoms with Crippen molar-refractivity contribution in [2.75, 3.05) is 19.6 Å². The van der Waals surface area contributed by atoms with Crippen molar-refractivity contribution in [3.8, 4) is 0 Å². The highest BCUT2D eigenvalue weighted by Gasteiger charge is 2.24. The first kappa shape index (κ1) is 15.7. The quantitative estimate of drug-likeness (QED) is 0.935.